The number of carbonyl (C=O) groups excluding carboxylic acids is 3. The van der Waals surface area contributed by atoms with Crippen LogP contribution in [-0.2, 0) is 9.59 Å². The number of fused-ring (bicyclic) bond motifs is 1. The fraction of sp³-hybridized carbons (Fsp3) is 0.261. The van der Waals surface area contributed by atoms with Crippen molar-refractivity contribution in [1.29, 1.82) is 0 Å². The lowest BCUT2D eigenvalue weighted by Gasteiger charge is -2.14. The molecule has 1 atom stereocenters. The highest BCUT2D eigenvalue weighted by Gasteiger charge is 2.31. The third-order valence-electron chi connectivity index (χ3n) is 5.14. The van der Waals surface area contributed by atoms with Crippen molar-refractivity contribution in [3.05, 3.63) is 59.7 Å². The summed E-state index contributed by atoms with van der Waals surface area (Å²) in [7, 11) is 0. The molecule has 8 heteroatoms. The number of carbonyl (C=O) groups is 3. The molecule has 1 unspecified atom stereocenters. The fourth-order valence-corrected chi connectivity index (χ4v) is 4.46. The molecule has 4 rings (SSSR count). The normalized spacial score (nSPS) is 14.1. The number of rotatable bonds is 8. The Morgan fingerprint density at radius 1 is 1.16 bits per heavy atom. The molecule has 1 fully saturated rings. The second-order valence-electron chi connectivity index (χ2n) is 7.58. The van der Waals surface area contributed by atoms with Crippen molar-refractivity contribution < 1.29 is 19.1 Å². The number of anilines is 1. The molecule has 0 spiro atoms. The average molecular weight is 438 g/mol. The van der Waals surface area contributed by atoms with Crippen molar-refractivity contribution in [3.8, 4) is 5.75 Å². The Morgan fingerprint density at radius 3 is 2.58 bits per heavy atom. The van der Waals surface area contributed by atoms with Gasteiger partial charge in [-0.25, -0.2) is 0 Å². The standard InChI is InChI=1S/C23H23N3O4S/c1-13(14-5-3-2-4-6-14)25-19(27)12-30-16-9-10-17-18(11-16)31-23(20(17)21(24)28)26-22(29)15-7-8-15/h2-6,9-11,13,15H,7-8,12H2,1H3,(H2,24,28)(H,25,27)(H,26,29). The van der Waals surface area contributed by atoms with Gasteiger partial charge in [0.25, 0.3) is 11.8 Å². The number of ether oxygens (including phenoxy) is 1. The third-order valence-corrected chi connectivity index (χ3v) is 6.21. The quantitative estimate of drug-likeness (QED) is 0.500. The van der Waals surface area contributed by atoms with Crippen molar-refractivity contribution in [2.24, 2.45) is 11.7 Å². The van der Waals surface area contributed by atoms with Crippen LogP contribution in [0.2, 0.25) is 0 Å². The molecule has 2 aromatic carbocycles. The first-order valence-electron chi connectivity index (χ1n) is 10.1. The minimum atomic E-state index is -0.597. The smallest absolute Gasteiger partial charge is 0.258 e. The van der Waals surface area contributed by atoms with Gasteiger partial charge in [0.1, 0.15) is 10.8 Å². The van der Waals surface area contributed by atoms with E-state index in [9.17, 15) is 14.4 Å². The molecule has 160 valence electrons. The molecular formula is C23H23N3O4S. The van der Waals surface area contributed by atoms with Crippen molar-refractivity contribution in [1.82, 2.24) is 5.32 Å². The third kappa shape index (κ3) is 4.86. The molecule has 7 nitrogen and oxygen atoms in total. The molecule has 0 aliphatic heterocycles. The van der Waals surface area contributed by atoms with E-state index in [2.05, 4.69) is 10.6 Å². The highest BCUT2D eigenvalue weighted by Crippen LogP contribution is 2.39. The molecule has 1 aliphatic carbocycles. The van der Waals surface area contributed by atoms with Crippen LogP contribution in [0.15, 0.2) is 48.5 Å². The summed E-state index contributed by atoms with van der Waals surface area (Å²) >= 11 is 1.27. The maximum absolute atomic E-state index is 12.3. The van der Waals surface area contributed by atoms with Crippen LogP contribution in [-0.4, -0.2) is 24.3 Å². The van der Waals surface area contributed by atoms with Gasteiger partial charge in [-0.05, 0) is 43.5 Å². The second-order valence-corrected chi connectivity index (χ2v) is 8.63. The Kier molecular flexibility index (Phi) is 5.90. The summed E-state index contributed by atoms with van der Waals surface area (Å²) in [5, 5.41) is 6.82. The predicted octanol–water partition coefficient (Wildman–Crippen LogP) is 3.60. The molecule has 31 heavy (non-hydrogen) atoms. The molecular weight excluding hydrogens is 414 g/mol. The van der Waals surface area contributed by atoms with Gasteiger partial charge < -0.3 is 21.1 Å². The van der Waals surface area contributed by atoms with Crippen LogP contribution < -0.4 is 21.1 Å². The first-order chi connectivity index (χ1) is 14.9. The molecule has 1 aliphatic rings. The van der Waals surface area contributed by atoms with Gasteiger partial charge in [0, 0.05) is 16.0 Å². The number of nitrogens with two attached hydrogens (primary N) is 1. The Balaban J connectivity index is 1.44. The van der Waals surface area contributed by atoms with Gasteiger partial charge in [-0.15, -0.1) is 11.3 Å². The summed E-state index contributed by atoms with van der Waals surface area (Å²) in [6.07, 6.45) is 1.73. The maximum atomic E-state index is 12.3. The number of primary amides is 1. The number of nitrogens with one attached hydrogen (secondary N) is 2. The lowest BCUT2D eigenvalue weighted by molar-refractivity contribution is -0.123. The Bertz CT molecular complexity index is 1140. The summed E-state index contributed by atoms with van der Waals surface area (Å²) < 4.78 is 6.39. The Hall–Kier alpha value is -3.39. The lowest BCUT2D eigenvalue weighted by Crippen LogP contribution is -2.31. The summed E-state index contributed by atoms with van der Waals surface area (Å²) in [6.45, 7) is 1.77. The molecule has 1 heterocycles. The second kappa shape index (κ2) is 8.77. The topological polar surface area (TPSA) is 111 Å². The van der Waals surface area contributed by atoms with Gasteiger partial charge in [0.2, 0.25) is 5.91 Å². The highest BCUT2D eigenvalue weighted by molar-refractivity contribution is 7.23. The summed E-state index contributed by atoms with van der Waals surface area (Å²) in [5.74, 6) is -0.415. The molecule has 3 amide bonds. The molecule has 3 aromatic rings. The van der Waals surface area contributed by atoms with E-state index >= 15 is 0 Å². The summed E-state index contributed by atoms with van der Waals surface area (Å²) in [6, 6.07) is 14.7. The largest absolute Gasteiger partial charge is 0.484 e. The molecule has 1 saturated carbocycles. The summed E-state index contributed by atoms with van der Waals surface area (Å²) in [5.41, 5.74) is 6.87. The van der Waals surface area contributed by atoms with Crippen LogP contribution in [0.4, 0.5) is 5.00 Å². The molecule has 4 N–H and O–H groups in total. The zero-order valence-electron chi connectivity index (χ0n) is 17.0. The van der Waals surface area contributed by atoms with E-state index in [4.69, 9.17) is 10.5 Å². The molecule has 0 saturated heterocycles. The van der Waals surface area contributed by atoms with Crippen LogP contribution in [0.25, 0.3) is 10.1 Å². The number of hydrogen-bond acceptors (Lipinski definition) is 5. The van der Waals surface area contributed by atoms with E-state index in [1.54, 1.807) is 18.2 Å². The first-order valence-corrected chi connectivity index (χ1v) is 10.9. The van der Waals surface area contributed by atoms with E-state index in [-0.39, 0.29) is 30.4 Å². The molecule has 0 bridgehead atoms. The lowest BCUT2D eigenvalue weighted by atomic mass is 10.1. The van der Waals surface area contributed by atoms with Gasteiger partial charge in [0.15, 0.2) is 6.61 Å². The minimum absolute atomic E-state index is 0.0154. The number of hydrogen-bond donors (Lipinski definition) is 3. The van der Waals surface area contributed by atoms with Gasteiger partial charge in [0.05, 0.1) is 11.6 Å². The fourth-order valence-electron chi connectivity index (χ4n) is 3.32. The van der Waals surface area contributed by atoms with Crippen molar-refractivity contribution in [3.63, 3.8) is 0 Å². The Labute approximate surface area is 183 Å². The molecule has 1 aromatic heterocycles. The number of benzene rings is 2. The zero-order valence-corrected chi connectivity index (χ0v) is 17.8. The van der Waals surface area contributed by atoms with Gasteiger partial charge >= 0.3 is 0 Å². The highest BCUT2D eigenvalue weighted by atomic mass is 32.1. The van der Waals surface area contributed by atoms with Crippen molar-refractivity contribution in [2.75, 3.05) is 11.9 Å². The van der Waals surface area contributed by atoms with Crippen LogP contribution in [0.5, 0.6) is 5.75 Å². The SMILES string of the molecule is CC(NC(=O)COc1ccc2c(C(N)=O)c(NC(=O)C3CC3)sc2c1)c1ccccc1. The summed E-state index contributed by atoms with van der Waals surface area (Å²) in [4.78, 5) is 36.4. The van der Waals surface area contributed by atoms with Crippen molar-refractivity contribution >= 4 is 44.1 Å². The first kappa shape index (κ1) is 20.9. The van der Waals surface area contributed by atoms with Crippen LogP contribution in [0, 0.1) is 5.92 Å². The van der Waals surface area contributed by atoms with E-state index in [1.807, 2.05) is 37.3 Å². The van der Waals surface area contributed by atoms with Crippen LogP contribution >= 0.6 is 11.3 Å². The van der Waals surface area contributed by atoms with E-state index < -0.39 is 5.91 Å². The van der Waals surface area contributed by atoms with E-state index in [0.29, 0.717) is 21.7 Å². The van der Waals surface area contributed by atoms with E-state index in [0.717, 1.165) is 23.1 Å². The number of thiophene rings is 1. The average Bonchev–Trinajstić information content (AvgIpc) is 3.54. The van der Waals surface area contributed by atoms with Gasteiger partial charge in [-0.2, -0.15) is 0 Å². The van der Waals surface area contributed by atoms with Gasteiger partial charge in [-0.1, -0.05) is 30.3 Å². The van der Waals surface area contributed by atoms with E-state index in [1.165, 1.54) is 11.3 Å². The molecule has 0 radical (unpaired) electrons. The van der Waals surface area contributed by atoms with Crippen LogP contribution in [0.1, 0.15) is 41.7 Å². The monoisotopic (exact) mass is 437 g/mol. The van der Waals surface area contributed by atoms with Crippen LogP contribution in [0.3, 0.4) is 0 Å². The van der Waals surface area contributed by atoms with Gasteiger partial charge in [-0.3, -0.25) is 14.4 Å². The Morgan fingerprint density at radius 2 is 1.90 bits per heavy atom. The zero-order chi connectivity index (χ0) is 22.0. The predicted molar refractivity (Wildman–Crippen MR) is 120 cm³/mol. The minimum Gasteiger partial charge on any atom is -0.484 e. The number of amides is 3. The maximum Gasteiger partial charge on any atom is 0.258 e. The van der Waals surface area contributed by atoms with Crippen molar-refractivity contribution in [2.45, 2.75) is 25.8 Å².